The van der Waals surface area contributed by atoms with Gasteiger partial charge in [0, 0.05) is 12.4 Å². The molecule has 2 N–H and O–H groups in total. The molecular formula is C16H16F3N3O. The number of aliphatic hydroxyl groups is 1. The molecule has 2 aromatic rings. The number of alkyl halides is 3. The van der Waals surface area contributed by atoms with E-state index in [9.17, 15) is 18.3 Å². The molecule has 0 unspecified atom stereocenters. The predicted octanol–water partition coefficient (Wildman–Crippen LogP) is 3.42. The van der Waals surface area contributed by atoms with Crippen LogP contribution in [0.25, 0.3) is 0 Å². The molecular weight excluding hydrogens is 307 g/mol. The van der Waals surface area contributed by atoms with Crippen molar-refractivity contribution >= 4 is 5.82 Å². The Morgan fingerprint density at radius 3 is 2.43 bits per heavy atom. The van der Waals surface area contributed by atoms with Gasteiger partial charge in [-0.15, -0.1) is 0 Å². The summed E-state index contributed by atoms with van der Waals surface area (Å²) >= 11 is 0. The van der Waals surface area contributed by atoms with E-state index in [1.54, 1.807) is 12.3 Å². The van der Waals surface area contributed by atoms with Crippen LogP contribution in [-0.4, -0.2) is 21.2 Å². The van der Waals surface area contributed by atoms with E-state index in [1.165, 1.54) is 6.07 Å². The zero-order valence-electron chi connectivity index (χ0n) is 12.2. The summed E-state index contributed by atoms with van der Waals surface area (Å²) < 4.78 is 37.8. The standard InChI is InChI=1S/C16H16F3N3O/c17-16(18,19)11-4-5-14(21-9-11)22-15(10-7-12(23)8-10)13-3-1-2-6-20-13/h1-6,9-10,12,15,23H,7-8H2,(H,21,22)/t10?,12?,15-/m0/s1. The van der Waals surface area contributed by atoms with Crippen molar-refractivity contribution in [3.8, 4) is 0 Å². The van der Waals surface area contributed by atoms with Gasteiger partial charge in [0.05, 0.1) is 23.4 Å². The molecule has 122 valence electrons. The van der Waals surface area contributed by atoms with Crippen LogP contribution < -0.4 is 5.32 Å². The number of halogens is 3. The van der Waals surface area contributed by atoms with E-state index in [2.05, 4.69) is 15.3 Å². The van der Waals surface area contributed by atoms with Crippen molar-refractivity contribution in [2.24, 2.45) is 5.92 Å². The number of aliphatic hydroxyl groups excluding tert-OH is 1. The minimum absolute atomic E-state index is 0.170. The molecule has 0 bridgehead atoms. The van der Waals surface area contributed by atoms with E-state index in [1.807, 2.05) is 12.1 Å². The molecule has 1 aliphatic rings. The smallest absolute Gasteiger partial charge is 0.393 e. The molecule has 0 aliphatic heterocycles. The molecule has 23 heavy (non-hydrogen) atoms. The topological polar surface area (TPSA) is 58.0 Å². The monoisotopic (exact) mass is 323 g/mol. The van der Waals surface area contributed by atoms with Crippen LogP contribution in [0.2, 0.25) is 0 Å². The van der Waals surface area contributed by atoms with Gasteiger partial charge in [0.2, 0.25) is 0 Å². The first-order chi connectivity index (χ1) is 10.9. The highest BCUT2D eigenvalue weighted by atomic mass is 19.4. The van der Waals surface area contributed by atoms with Gasteiger partial charge in [0.25, 0.3) is 0 Å². The number of anilines is 1. The van der Waals surface area contributed by atoms with Crippen LogP contribution in [0.3, 0.4) is 0 Å². The number of nitrogens with zero attached hydrogens (tertiary/aromatic N) is 2. The second-order valence-corrected chi connectivity index (χ2v) is 5.69. The van der Waals surface area contributed by atoms with E-state index in [0.29, 0.717) is 18.7 Å². The Bertz CT molecular complexity index is 640. The summed E-state index contributed by atoms with van der Waals surface area (Å²) in [5.74, 6) is 0.527. The second kappa shape index (κ2) is 6.16. The molecule has 4 nitrogen and oxygen atoms in total. The highest BCUT2D eigenvalue weighted by molar-refractivity contribution is 5.39. The predicted molar refractivity (Wildman–Crippen MR) is 78.6 cm³/mol. The first-order valence-electron chi connectivity index (χ1n) is 7.32. The molecule has 1 fully saturated rings. The lowest BCUT2D eigenvalue weighted by Crippen LogP contribution is -2.36. The van der Waals surface area contributed by atoms with Crippen molar-refractivity contribution in [1.82, 2.24) is 9.97 Å². The number of pyridine rings is 2. The van der Waals surface area contributed by atoms with Gasteiger partial charge in [0.1, 0.15) is 5.82 Å². The average molecular weight is 323 g/mol. The van der Waals surface area contributed by atoms with Crippen LogP contribution >= 0.6 is 0 Å². The van der Waals surface area contributed by atoms with Crippen molar-refractivity contribution in [3.05, 3.63) is 54.0 Å². The number of hydrogen-bond donors (Lipinski definition) is 2. The van der Waals surface area contributed by atoms with E-state index in [-0.39, 0.29) is 18.1 Å². The molecule has 0 radical (unpaired) electrons. The van der Waals surface area contributed by atoms with E-state index < -0.39 is 11.7 Å². The quantitative estimate of drug-likeness (QED) is 0.905. The van der Waals surface area contributed by atoms with Gasteiger partial charge >= 0.3 is 6.18 Å². The molecule has 1 saturated carbocycles. The Hall–Kier alpha value is -2.15. The average Bonchev–Trinajstić information content (AvgIpc) is 2.50. The minimum atomic E-state index is -4.40. The molecule has 0 spiro atoms. The fraction of sp³-hybridized carbons (Fsp3) is 0.375. The van der Waals surface area contributed by atoms with E-state index >= 15 is 0 Å². The highest BCUT2D eigenvalue weighted by Gasteiger charge is 2.36. The summed E-state index contributed by atoms with van der Waals surface area (Å²) in [5.41, 5.74) is 0.00241. The Morgan fingerprint density at radius 1 is 1.13 bits per heavy atom. The molecule has 7 heteroatoms. The molecule has 2 heterocycles. The van der Waals surface area contributed by atoms with Crippen LogP contribution in [0.4, 0.5) is 19.0 Å². The van der Waals surface area contributed by atoms with Gasteiger partial charge in [-0.3, -0.25) is 4.98 Å². The highest BCUT2D eigenvalue weighted by Crippen LogP contribution is 2.39. The molecule has 0 aromatic carbocycles. The summed E-state index contributed by atoms with van der Waals surface area (Å²) in [5, 5.41) is 12.7. The Balaban J connectivity index is 1.79. The first kappa shape index (κ1) is 15.7. The van der Waals surface area contributed by atoms with Crippen LogP contribution in [0, 0.1) is 5.92 Å². The maximum absolute atomic E-state index is 12.6. The van der Waals surface area contributed by atoms with Gasteiger partial charge in [-0.05, 0) is 43.0 Å². The summed E-state index contributed by atoms with van der Waals surface area (Å²) in [7, 11) is 0. The summed E-state index contributed by atoms with van der Waals surface area (Å²) in [4.78, 5) is 8.16. The van der Waals surface area contributed by atoms with Crippen molar-refractivity contribution in [3.63, 3.8) is 0 Å². The number of hydrogen-bond acceptors (Lipinski definition) is 4. The fourth-order valence-corrected chi connectivity index (χ4v) is 2.70. The molecule has 2 aromatic heterocycles. The second-order valence-electron chi connectivity index (χ2n) is 5.69. The molecule has 1 atom stereocenters. The zero-order valence-corrected chi connectivity index (χ0v) is 12.2. The summed E-state index contributed by atoms with van der Waals surface area (Å²) in [6.45, 7) is 0. The van der Waals surface area contributed by atoms with Crippen LogP contribution in [-0.2, 0) is 6.18 Å². The largest absolute Gasteiger partial charge is 0.417 e. The SMILES string of the molecule is OC1CC([C@H](Nc2ccc(C(F)(F)F)cn2)c2ccccn2)C1. The first-order valence-corrected chi connectivity index (χ1v) is 7.32. The lowest BCUT2D eigenvalue weighted by Gasteiger charge is -2.38. The van der Waals surface area contributed by atoms with Gasteiger partial charge < -0.3 is 10.4 Å². The van der Waals surface area contributed by atoms with Gasteiger partial charge in [-0.1, -0.05) is 6.07 Å². The van der Waals surface area contributed by atoms with Crippen molar-refractivity contribution < 1.29 is 18.3 Å². The van der Waals surface area contributed by atoms with E-state index in [0.717, 1.165) is 18.0 Å². The summed E-state index contributed by atoms with van der Waals surface area (Å²) in [6, 6.07) is 7.63. The van der Waals surface area contributed by atoms with Gasteiger partial charge in [-0.2, -0.15) is 13.2 Å². The molecule has 0 amide bonds. The number of nitrogens with one attached hydrogen (secondary N) is 1. The maximum atomic E-state index is 12.6. The van der Waals surface area contributed by atoms with Gasteiger partial charge in [0.15, 0.2) is 0 Å². The fourth-order valence-electron chi connectivity index (χ4n) is 2.70. The minimum Gasteiger partial charge on any atom is -0.393 e. The lowest BCUT2D eigenvalue weighted by atomic mass is 9.76. The van der Waals surface area contributed by atoms with Gasteiger partial charge in [-0.25, -0.2) is 4.98 Å². The Labute approximate surface area is 131 Å². The van der Waals surface area contributed by atoms with Crippen molar-refractivity contribution in [2.45, 2.75) is 31.2 Å². The third-order valence-corrected chi connectivity index (χ3v) is 4.02. The van der Waals surface area contributed by atoms with Crippen molar-refractivity contribution in [1.29, 1.82) is 0 Å². The maximum Gasteiger partial charge on any atom is 0.417 e. The number of rotatable bonds is 4. The molecule has 1 aliphatic carbocycles. The lowest BCUT2D eigenvalue weighted by molar-refractivity contribution is -0.137. The Morgan fingerprint density at radius 2 is 1.91 bits per heavy atom. The number of aromatic nitrogens is 2. The molecule has 0 saturated heterocycles. The van der Waals surface area contributed by atoms with Crippen LogP contribution in [0.5, 0.6) is 0 Å². The summed E-state index contributed by atoms with van der Waals surface area (Å²) in [6.07, 6.45) is -0.978. The van der Waals surface area contributed by atoms with Crippen LogP contribution in [0.15, 0.2) is 42.7 Å². The Kier molecular flexibility index (Phi) is 4.21. The van der Waals surface area contributed by atoms with E-state index in [4.69, 9.17) is 0 Å². The third kappa shape index (κ3) is 3.61. The normalized spacial score (nSPS) is 22.3. The third-order valence-electron chi connectivity index (χ3n) is 4.02. The van der Waals surface area contributed by atoms with Crippen molar-refractivity contribution in [2.75, 3.05) is 5.32 Å². The zero-order chi connectivity index (χ0) is 16.4. The molecule has 3 rings (SSSR count). The van der Waals surface area contributed by atoms with Crippen LogP contribution in [0.1, 0.15) is 30.1 Å².